The lowest BCUT2D eigenvalue weighted by Gasteiger charge is -2.26. The van der Waals surface area contributed by atoms with Gasteiger partial charge in [-0.2, -0.15) is 0 Å². The summed E-state index contributed by atoms with van der Waals surface area (Å²) in [6, 6.07) is -0.277. The van der Waals surface area contributed by atoms with Crippen molar-refractivity contribution in [2.75, 3.05) is 13.1 Å². The maximum Gasteiger partial charge on any atom is 0.628 e. The lowest BCUT2D eigenvalue weighted by molar-refractivity contribution is -0.148. The third-order valence-electron chi connectivity index (χ3n) is 2.80. The number of allylic oxidation sites excluding steroid dienone is 1. The normalized spacial score (nSPS) is 27.3. The monoisotopic (exact) mass is 223 g/mol. The van der Waals surface area contributed by atoms with Crippen molar-refractivity contribution in [3.05, 3.63) is 12.1 Å². The molecule has 2 aliphatic heterocycles. The van der Waals surface area contributed by atoms with Gasteiger partial charge in [-0.25, -0.2) is 0 Å². The Hall–Kier alpha value is -1.30. The molecule has 0 aromatic heterocycles. The van der Waals surface area contributed by atoms with E-state index in [0.29, 0.717) is 0 Å². The van der Waals surface area contributed by atoms with Crippen LogP contribution in [0.15, 0.2) is 12.1 Å². The van der Waals surface area contributed by atoms with E-state index < -0.39 is 7.12 Å². The number of carbonyl (C=O) groups is 2. The van der Waals surface area contributed by atoms with Crippen molar-refractivity contribution in [1.82, 2.24) is 4.90 Å². The highest BCUT2D eigenvalue weighted by Crippen LogP contribution is 2.20. The number of nitrogens with zero attached hydrogens (tertiary/aromatic N) is 1. The topological polar surface area (TPSA) is 55.8 Å². The molecule has 0 saturated carbocycles. The van der Waals surface area contributed by atoms with Crippen molar-refractivity contribution in [3.8, 4) is 0 Å². The van der Waals surface area contributed by atoms with Crippen LogP contribution in [-0.2, 0) is 18.9 Å². The van der Waals surface area contributed by atoms with Crippen LogP contribution in [0.3, 0.4) is 0 Å². The van der Waals surface area contributed by atoms with Gasteiger partial charge in [0.25, 0.3) is 0 Å². The summed E-state index contributed by atoms with van der Waals surface area (Å²) in [5.74, 6) is 0.913. The molecule has 0 aliphatic carbocycles. The fourth-order valence-electron chi connectivity index (χ4n) is 2.07. The highest BCUT2D eigenvalue weighted by Gasteiger charge is 2.39. The molecule has 2 heterocycles. The second-order valence-electron chi connectivity index (χ2n) is 3.95. The molecule has 5 nitrogen and oxygen atoms in total. The van der Waals surface area contributed by atoms with Crippen LogP contribution in [0.1, 0.15) is 19.8 Å². The first-order valence-corrected chi connectivity index (χ1v) is 5.47. The predicted octanol–water partition coefficient (Wildman–Crippen LogP) is 0.154. The molecule has 2 rings (SSSR count). The predicted molar refractivity (Wildman–Crippen MR) is 57.3 cm³/mol. The zero-order valence-electron chi connectivity index (χ0n) is 9.22. The van der Waals surface area contributed by atoms with E-state index in [1.807, 2.05) is 4.90 Å². The highest BCUT2D eigenvalue weighted by atomic mass is 16.6. The van der Waals surface area contributed by atoms with Gasteiger partial charge >= 0.3 is 19.1 Å². The van der Waals surface area contributed by atoms with Crippen molar-refractivity contribution in [2.45, 2.75) is 25.8 Å². The zero-order valence-corrected chi connectivity index (χ0v) is 9.22. The smallest absolute Gasteiger partial charge is 0.495 e. The standard InChI is InChI=1S/C10H14BNO4/c1-2-5-11-15-9(13)7-12-6-3-4-8(12)10(14)16-11/h2,5,8H,3-4,6-7H2,1H3/b5-2+/t8-/m0/s1. The maximum atomic E-state index is 11.8. The molecule has 0 radical (unpaired) electrons. The largest absolute Gasteiger partial charge is 0.628 e. The minimum atomic E-state index is -0.868. The van der Waals surface area contributed by atoms with Crippen LogP contribution >= 0.6 is 0 Å². The third-order valence-corrected chi connectivity index (χ3v) is 2.80. The molecule has 2 saturated heterocycles. The van der Waals surface area contributed by atoms with Gasteiger partial charge in [-0.05, 0) is 32.3 Å². The van der Waals surface area contributed by atoms with Gasteiger partial charge in [0.2, 0.25) is 0 Å². The third kappa shape index (κ3) is 2.27. The van der Waals surface area contributed by atoms with E-state index in [9.17, 15) is 9.59 Å². The first-order chi connectivity index (χ1) is 7.70. The fraction of sp³-hybridized carbons (Fsp3) is 0.600. The molecule has 0 aromatic carbocycles. The van der Waals surface area contributed by atoms with Gasteiger partial charge in [-0.15, -0.1) is 0 Å². The number of carbonyl (C=O) groups excluding carboxylic acids is 2. The summed E-state index contributed by atoms with van der Waals surface area (Å²) in [4.78, 5) is 25.0. The summed E-state index contributed by atoms with van der Waals surface area (Å²) in [7, 11) is -0.868. The van der Waals surface area contributed by atoms with Crippen molar-refractivity contribution < 1.29 is 18.9 Å². The van der Waals surface area contributed by atoms with E-state index in [1.54, 1.807) is 19.0 Å². The van der Waals surface area contributed by atoms with Crippen LogP contribution in [0, 0.1) is 0 Å². The van der Waals surface area contributed by atoms with Gasteiger partial charge in [-0.1, -0.05) is 6.08 Å². The molecular formula is C10H14BNO4. The Balaban J connectivity index is 2.12. The maximum absolute atomic E-state index is 11.8. The van der Waals surface area contributed by atoms with Gasteiger partial charge in [-0.3, -0.25) is 14.5 Å². The molecule has 0 unspecified atom stereocenters. The molecule has 86 valence electrons. The second kappa shape index (κ2) is 4.70. The van der Waals surface area contributed by atoms with Gasteiger partial charge in [0.15, 0.2) is 0 Å². The van der Waals surface area contributed by atoms with E-state index in [-0.39, 0.29) is 24.5 Å². The van der Waals surface area contributed by atoms with Crippen molar-refractivity contribution >= 4 is 19.1 Å². The first kappa shape index (κ1) is 11.2. The van der Waals surface area contributed by atoms with E-state index in [2.05, 4.69) is 0 Å². The molecule has 0 aromatic rings. The molecule has 16 heavy (non-hydrogen) atoms. The molecule has 1 atom stereocenters. The molecule has 0 bridgehead atoms. The number of hydrogen-bond acceptors (Lipinski definition) is 5. The van der Waals surface area contributed by atoms with Crippen LogP contribution in [0.2, 0.25) is 0 Å². The van der Waals surface area contributed by atoms with Crippen LogP contribution in [0.4, 0.5) is 0 Å². The van der Waals surface area contributed by atoms with Gasteiger partial charge in [0.05, 0.1) is 6.54 Å². The van der Waals surface area contributed by atoms with E-state index in [4.69, 9.17) is 9.31 Å². The van der Waals surface area contributed by atoms with Crippen LogP contribution < -0.4 is 0 Å². The number of fused-ring (bicyclic) bond motifs is 1. The average molecular weight is 223 g/mol. The van der Waals surface area contributed by atoms with Crippen LogP contribution in [0.25, 0.3) is 0 Å². The van der Waals surface area contributed by atoms with Crippen molar-refractivity contribution in [3.63, 3.8) is 0 Å². The summed E-state index contributed by atoms with van der Waals surface area (Å²) in [5.41, 5.74) is 0. The van der Waals surface area contributed by atoms with Gasteiger partial charge in [0, 0.05) is 0 Å². The van der Waals surface area contributed by atoms with E-state index in [0.717, 1.165) is 19.4 Å². The molecule has 2 aliphatic rings. The Morgan fingerprint density at radius 1 is 1.44 bits per heavy atom. The number of rotatable bonds is 1. The Labute approximate surface area is 94.5 Å². The van der Waals surface area contributed by atoms with Crippen LogP contribution in [0.5, 0.6) is 0 Å². The number of hydrogen-bond donors (Lipinski definition) is 0. The summed E-state index contributed by atoms with van der Waals surface area (Å²) in [6.07, 6.45) is 3.37. The molecule has 2 fully saturated rings. The SMILES string of the molecule is C/C=C/B1OC(=O)CN2CCC[C@H]2C(=O)O1. The quantitative estimate of drug-likeness (QED) is 0.592. The summed E-state index contributed by atoms with van der Waals surface area (Å²) in [6.45, 7) is 2.71. The van der Waals surface area contributed by atoms with Crippen molar-refractivity contribution in [2.24, 2.45) is 0 Å². The van der Waals surface area contributed by atoms with Crippen molar-refractivity contribution in [1.29, 1.82) is 0 Å². The summed E-state index contributed by atoms with van der Waals surface area (Å²) >= 11 is 0. The highest BCUT2D eigenvalue weighted by molar-refractivity contribution is 6.54. The molecule has 0 N–H and O–H groups in total. The molecule has 0 spiro atoms. The average Bonchev–Trinajstić information content (AvgIpc) is 2.63. The minimum absolute atomic E-state index is 0.174. The molecule has 0 amide bonds. The minimum Gasteiger partial charge on any atom is -0.495 e. The fourth-order valence-corrected chi connectivity index (χ4v) is 2.07. The lowest BCUT2D eigenvalue weighted by Crippen LogP contribution is -2.47. The Kier molecular flexibility index (Phi) is 3.29. The van der Waals surface area contributed by atoms with E-state index >= 15 is 0 Å². The summed E-state index contributed by atoms with van der Waals surface area (Å²) < 4.78 is 10.1. The van der Waals surface area contributed by atoms with Gasteiger partial charge in [0.1, 0.15) is 6.04 Å². The van der Waals surface area contributed by atoms with E-state index in [1.165, 1.54) is 0 Å². The Morgan fingerprint density at radius 3 is 3.00 bits per heavy atom. The molecule has 6 heteroatoms. The summed E-state index contributed by atoms with van der Waals surface area (Å²) in [5, 5.41) is 0. The lowest BCUT2D eigenvalue weighted by atomic mass is 9.89. The van der Waals surface area contributed by atoms with Gasteiger partial charge < -0.3 is 9.31 Å². The first-order valence-electron chi connectivity index (χ1n) is 5.47. The zero-order chi connectivity index (χ0) is 11.5. The second-order valence-corrected chi connectivity index (χ2v) is 3.95. The Bertz CT molecular complexity index is 331. The van der Waals surface area contributed by atoms with Crippen LogP contribution in [-0.4, -0.2) is 43.1 Å². The Morgan fingerprint density at radius 2 is 2.25 bits per heavy atom. The molecular weight excluding hydrogens is 209 g/mol.